The van der Waals surface area contributed by atoms with Crippen molar-refractivity contribution < 1.29 is 10.2 Å². The molecule has 0 amide bonds. The van der Waals surface area contributed by atoms with Gasteiger partial charge in [-0.3, -0.25) is 0 Å². The molecule has 0 atom stereocenters. The molecule has 0 radical (unpaired) electrons. The molecule has 0 aliphatic carbocycles. The zero-order valence-electron chi connectivity index (χ0n) is 14.8. The van der Waals surface area contributed by atoms with E-state index in [0.29, 0.717) is 11.4 Å². The number of aryl methyl sites for hydroxylation is 1. The second kappa shape index (κ2) is 8.30. The van der Waals surface area contributed by atoms with E-state index < -0.39 is 0 Å². The fourth-order valence-corrected chi connectivity index (χ4v) is 2.68. The molecule has 3 aromatic carbocycles. The number of azo groups is 1. The van der Waals surface area contributed by atoms with Gasteiger partial charge in [0.25, 0.3) is 0 Å². The van der Waals surface area contributed by atoms with Gasteiger partial charge in [0, 0.05) is 0 Å². The summed E-state index contributed by atoms with van der Waals surface area (Å²) in [5.74, 6) is 0.0991. The largest absolute Gasteiger partial charge is 0.506 e. The van der Waals surface area contributed by atoms with Gasteiger partial charge in [-0.05, 0) is 53.8 Å². The molecular weight excluding hydrogens is 324 g/mol. The van der Waals surface area contributed by atoms with Gasteiger partial charge in [-0.25, -0.2) is 0 Å². The van der Waals surface area contributed by atoms with E-state index in [1.54, 1.807) is 36.4 Å². The molecule has 0 bridgehead atoms. The Morgan fingerprint density at radius 2 is 1.38 bits per heavy atom. The zero-order chi connectivity index (χ0) is 18.4. The third kappa shape index (κ3) is 4.28. The van der Waals surface area contributed by atoms with Gasteiger partial charge in [0.15, 0.2) is 0 Å². The van der Waals surface area contributed by atoms with Gasteiger partial charge in [0.05, 0.1) is 0 Å². The number of aromatic hydroxyl groups is 2. The van der Waals surface area contributed by atoms with Crippen molar-refractivity contribution in [1.29, 1.82) is 0 Å². The van der Waals surface area contributed by atoms with E-state index in [2.05, 4.69) is 41.4 Å². The summed E-state index contributed by atoms with van der Waals surface area (Å²) in [5, 5.41) is 27.9. The van der Waals surface area contributed by atoms with Crippen LogP contribution in [0.1, 0.15) is 25.3 Å². The van der Waals surface area contributed by atoms with Crippen molar-refractivity contribution in [3.8, 4) is 22.6 Å². The molecule has 2 N–H and O–H groups in total. The standard InChI is InChI=1S/C22H22N2O2/c1-2-3-6-16-9-11-17(12-10-16)18-13-14-22(26)20(15-18)24-23-19-7-4-5-8-21(19)25/h4-5,7-15,25-26H,2-3,6H2,1H3. The minimum atomic E-state index is 0.0486. The molecule has 0 unspecified atom stereocenters. The topological polar surface area (TPSA) is 65.2 Å². The van der Waals surface area contributed by atoms with Gasteiger partial charge in [-0.1, -0.05) is 55.8 Å². The van der Waals surface area contributed by atoms with Crippen molar-refractivity contribution in [2.75, 3.05) is 0 Å². The number of phenols is 2. The first kappa shape index (κ1) is 17.7. The van der Waals surface area contributed by atoms with E-state index in [1.807, 2.05) is 6.07 Å². The zero-order valence-corrected chi connectivity index (χ0v) is 14.8. The number of nitrogens with zero attached hydrogens (tertiary/aromatic N) is 2. The quantitative estimate of drug-likeness (QED) is 0.499. The van der Waals surface area contributed by atoms with Gasteiger partial charge in [-0.2, -0.15) is 0 Å². The van der Waals surface area contributed by atoms with Crippen LogP contribution in [0.5, 0.6) is 11.5 Å². The van der Waals surface area contributed by atoms with Crippen LogP contribution in [0.2, 0.25) is 0 Å². The third-order valence-corrected chi connectivity index (χ3v) is 4.23. The van der Waals surface area contributed by atoms with E-state index >= 15 is 0 Å². The molecule has 0 heterocycles. The highest BCUT2D eigenvalue weighted by Crippen LogP contribution is 2.34. The molecule has 0 aromatic heterocycles. The number of phenolic OH excluding ortho intramolecular Hbond substituents is 2. The minimum Gasteiger partial charge on any atom is -0.506 e. The number of para-hydroxylation sites is 1. The van der Waals surface area contributed by atoms with Crippen LogP contribution in [0.4, 0.5) is 11.4 Å². The maximum absolute atomic E-state index is 10.1. The second-order valence-electron chi connectivity index (χ2n) is 6.19. The van der Waals surface area contributed by atoms with Crippen LogP contribution in [0.15, 0.2) is 77.0 Å². The first-order valence-electron chi connectivity index (χ1n) is 8.79. The van der Waals surface area contributed by atoms with Crippen LogP contribution in [-0.4, -0.2) is 10.2 Å². The fourth-order valence-electron chi connectivity index (χ4n) is 2.68. The lowest BCUT2D eigenvalue weighted by molar-refractivity contribution is 0.474. The fraction of sp³-hybridized carbons (Fsp3) is 0.182. The van der Waals surface area contributed by atoms with Crippen LogP contribution >= 0.6 is 0 Å². The van der Waals surface area contributed by atoms with Crippen molar-refractivity contribution in [3.63, 3.8) is 0 Å². The molecule has 4 heteroatoms. The Labute approximate surface area is 153 Å². The molecule has 4 nitrogen and oxygen atoms in total. The van der Waals surface area contributed by atoms with E-state index in [1.165, 1.54) is 18.4 Å². The summed E-state index contributed by atoms with van der Waals surface area (Å²) < 4.78 is 0. The Hall–Kier alpha value is -3.14. The second-order valence-corrected chi connectivity index (χ2v) is 6.19. The molecule has 26 heavy (non-hydrogen) atoms. The van der Waals surface area contributed by atoms with Gasteiger partial charge in [-0.15, -0.1) is 10.2 Å². The predicted octanol–water partition coefficient (Wildman–Crippen LogP) is 6.52. The average Bonchev–Trinajstić information content (AvgIpc) is 2.67. The Bertz CT molecular complexity index is 902. The number of unbranched alkanes of at least 4 members (excludes halogenated alkanes) is 1. The summed E-state index contributed by atoms with van der Waals surface area (Å²) in [6.45, 7) is 2.19. The Balaban J connectivity index is 1.84. The highest BCUT2D eigenvalue weighted by atomic mass is 16.3. The molecule has 3 rings (SSSR count). The van der Waals surface area contributed by atoms with Gasteiger partial charge >= 0.3 is 0 Å². The third-order valence-electron chi connectivity index (χ3n) is 4.23. The van der Waals surface area contributed by atoms with Crippen LogP contribution in [-0.2, 0) is 6.42 Å². The smallest absolute Gasteiger partial charge is 0.143 e. The molecule has 0 spiro atoms. The van der Waals surface area contributed by atoms with Crippen LogP contribution < -0.4 is 0 Å². The van der Waals surface area contributed by atoms with Crippen molar-refractivity contribution in [2.45, 2.75) is 26.2 Å². The summed E-state index contributed by atoms with van der Waals surface area (Å²) in [7, 11) is 0. The molecule has 132 valence electrons. The number of hydrogen-bond acceptors (Lipinski definition) is 4. The highest BCUT2D eigenvalue weighted by molar-refractivity contribution is 5.70. The van der Waals surface area contributed by atoms with Crippen LogP contribution in [0, 0.1) is 0 Å². The molecular formula is C22H22N2O2. The van der Waals surface area contributed by atoms with E-state index in [4.69, 9.17) is 0 Å². The molecule has 0 saturated carbocycles. The minimum absolute atomic E-state index is 0.0486. The summed E-state index contributed by atoms with van der Waals surface area (Å²) in [4.78, 5) is 0. The predicted molar refractivity (Wildman–Crippen MR) is 104 cm³/mol. The normalized spacial score (nSPS) is 11.1. The van der Waals surface area contributed by atoms with Gasteiger partial charge in [0.2, 0.25) is 0 Å². The summed E-state index contributed by atoms with van der Waals surface area (Å²) in [6.07, 6.45) is 3.47. The van der Waals surface area contributed by atoms with Crippen molar-refractivity contribution in [3.05, 3.63) is 72.3 Å². The molecule has 3 aromatic rings. The van der Waals surface area contributed by atoms with Crippen LogP contribution in [0.3, 0.4) is 0 Å². The Morgan fingerprint density at radius 1 is 0.731 bits per heavy atom. The molecule has 0 fully saturated rings. The number of rotatable bonds is 6. The maximum Gasteiger partial charge on any atom is 0.143 e. The SMILES string of the molecule is CCCCc1ccc(-c2ccc(O)c(N=Nc3ccccc3O)c2)cc1. The monoisotopic (exact) mass is 346 g/mol. The van der Waals surface area contributed by atoms with E-state index in [0.717, 1.165) is 17.5 Å². The highest BCUT2D eigenvalue weighted by Gasteiger charge is 2.05. The van der Waals surface area contributed by atoms with Crippen molar-refractivity contribution >= 4 is 11.4 Å². The van der Waals surface area contributed by atoms with Crippen LogP contribution in [0.25, 0.3) is 11.1 Å². The van der Waals surface area contributed by atoms with Gasteiger partial charge in [0.1, 0.15) is 22.9 Å². The Kier molecular flexibility index (Phi) is 5.64. The van der Waals surface area contributed by atoms with E-state index in [-0.39, 0.29) is 11.5 Å². The van der Waals surface area contributed by atoms with E-state index in [9.17, 15) is 10.2 Å². The summed E-state index contributed by atoms with van der Waals surface area (Å²) in [5.41, 5.74) is 4.06. The number of benzene rings is 3. The lowest BCUT2D eigenvalue weighted by atomic mass is 10.0. The first-order chi connectivity index (χ1) is 12.7. The summed E-state index contributed by atoms with van der Waals surface area (Å²) >= 11 is 0. The van der Waals surface area contributed by atoms with Crippen molar-refractivity contribution in [1.82, 2.24) is 0 Å². The maximum atomic E-state index is 10.1. The Morgan fingerprint density at radius 3 is 2.12 bits per heavy atom. The molecule has 0 saturated heterocycles. The van der Waals surface area contributed by atoms with Crippen molar-refractivity contribution in [2.24, 2.45) is 10.2 Å². The lowest BCUT2D eigenvalue weighted by Gasteiger charge is -2.06. The van der Waals surface area contributed by atoms with Gasteiger partial charge < -0.3 is 10.2 Å². The lowest BCUT2D eigenvalue weighted by Crippen LogP contribution is -1.85. The average molecular weight is 346 g/mol. The molecule has 0 aliphatic heterocycles. The first-order valence-corrected chi connectivity index (χ1v) is 8.79. The molecule has 0 aliphatic rings. The number of hydrogen-bond donors (Lipinski definition) is 2. The summed E-state index contributed by atoms with van der Waals surface area (Å²) in [6, 6.07) is 20.4.